The largest absolute Gasteiger partial charge is 0.497 e. The maximum atomic E-state index is 5.86. The Bertz CT molecular complexity index is 369. The first-order chi connectivity index (χ1) is 8.60. The highest BCUT2D eigenvalue weighted by molar-refractivity contribution is 5.47. The lowest BCUT2D eigenvalue weighted by atomic mass is 10.1. The van der Waals surface area contributed by atoms with Crippen LogP contribution < -0.4 is 10.5 Å². The van der Waals surface area contributed by atoms with Gasteiger partial charge in [-0.25, -0.2) is 0 Å². The SMILES string of the molecule is CCN(Cc1cc(N)cc(OC)c1)C(C)COC. The first-order valence-corrected chi connectivity index (χ1v) is 6.27. The number of hydrogen-bond acceptors (Lipinski definition) is 4. The van der Waals surface area contributed by atoms with Gasteiger partial charge in [-0.05, 0) is 31.2 Å². The van der Waals surface area contributed by atoms with E-state index in [0.717, 1.165) is 36.7 Å². The smallest absolute Gasteiger partial charge is 0.121 e. The van der Waals surface area contributed by atoms with E-state index < -0.39 is 0 Å². The number of nitrogens with two attached hydrogens (primary N) is 1. The molecule has 0 spiro atoms. The van der Waals surface area contributed by atoms with Crippen molar-refractivity contribution in [1.82, 2.24) is 4.90 Å². The Hall–Kier alpha value is -1.26. The lowest BCUT2D eigenvalue weighted by molar-refractivity contribution is 0.0982. The molecule has 0 aliphatic carbocycles. The minimum Gasteiger partial charge on any atom is -0.497 e. The van der Waals surface area contributed by atoms with Crippen LogP contribution in [0.4, 0.5) is 5.69 Å². The number of nitrogens with zero attached hydrogens (tertiary/aromatic N) is 1. The Morgan fingerprint density at radius 1 is 1.28 bits per heavy atom. The molecule has 102 valence electrons. The van der Waals surface area contributed by atoms with Crippen LogP contribution in [0.3, 0.4) is 0 Å². The van der Waals surface area contributed by atoms with Crippen molar-refractivity contribution in [1.29, 1.82) is 0 Å². The average molecular weight is 252 g/mol. The molecule has 1 atom stereocenters. The number of methoxy groups -OCH3 is 2. The second-order valence-electron chi connectivity index (χ2n) is 4.48. The van der Waals surface area contributed by atoms with Gasteiger partial charge in [-0.1, -0.05) is 6.92 Å². The highest BCUT2D eigenvalue weighted by atomic mass is 16.5. The number of anilines is 1. The summed E-state index contributed by atoms with van der Waals surface area (Å²) >= 11 is 0. The van der Waals surface area contributed by atoms with Crippen LogP contribution in [0.25, 0.3) is 0 Å². The van der Waals surface area contributed by atoms with E-state index in [-0.39, 0.29) is 0 Å². The third-order valence-electron chi connectivity index (χ3n) is 3.05. The highest BCUT2D eigenvalue weighted by Gasteiger charge is 2.12. The summed E-state index contributed by atoms with van der Waals surface area (Å²) in [6, 6.07) is 6.23. The van der Waals surface area contributed by atoms with E-state index in [4.69, 9.17) is 15.2 Å². The normalized spacial score (nSPS) is 12.7. The van der Waals surface area contributed by atoms with Crippen molar-refractivity contribution in [2.75, 3.05) is 33.1 Å². The van der Waals surface area contributed by atoms with E-state index in [1.165, 1.54) is 0 Å². The van der Waals surface area contributed by atoms with E-state index in [0.29, 0.717) is 6.04 Å². The molecule has 1 aromatic rings. The van der Waals surface area contributed by atoms with Gasteiger partial charge in [0.25, 0.3) is 0 Å². The van der Waals surface area contributed by atoms with E-state index in [1.54, 1.807) is 14.2 Å². The fraction of sp³-hybridized carbons (Fsp3) is 0.571. The topological polar surface area (TPSA) is 47.7 Å². The van der Waals surface area contributed by atoms with E-state index in [9.17, 15) is 0 Å². The van der Waals surface area contributed by atoms with Gasteiger partial charge in [-0.15, -0.1) is 0 Å². The van der Waals surface area contributed by atoms with Crippen LogP contribution in [0.5, 0.6) is 5.75 Å². The number of ether oxygens (including phenoxy) is 2. The molecule has 4 heteroatoms. The molecule has 4 nitrogen and oxygen atoms in total. The van der Waals surface area contributed by atoms with Crippen molar-refractivity contribution in [3.63, 3.8) is 0 Å². The monoisotopic (exact) mass is 252 g/mol. The zero-order chi connectivity index (χ0) is 13.5. The van der Waals surface area contributed by atoms with Gasteiger partial charge in [0.15, 0.2) is 0 Å². The molecule has 0 saturated carbocycles. The summed E-state index contributed by atoms with van der Waals surface area (Å²) in [4.78, 5) is 2.34. The van der Waals surface area contributed by atoms with Crippen LogP contribution in [0.1, 0.15) is 19.4 Å². The molecule has 0 bridgehead atoms. The van der Waals surface area contributed by atoms with Crippen molar-refractivity contribution >= 4 is 5.69 Å². The lowest BCUT2D eigenvalue weighted by Crippen LogP contribution is -2.35. The first kappa shape index (κ1) is 14.8. The molecule has 1 rings (SSSR count). The fourth-order valence-corrected chi connectivity index (χ4v) is 2.06. The van der Waals surface area contributed by atoms with Gasteiger partial charge >= 0.3 is 0 Å². The Kier molecular flexibility index (Phi) is 5.95. The van der Waals surface area contributed by atoms with Gasteiger partial charge in [0.2, 0.25) is 0 Å². The lowest BCUT2D eigenvalue weighted by Gasteiger charge is -2.27. The summed E-state index contributed by atoms with van der Waals surface area (Å²) in [7, 11) is 3.39. The van der Waals surface area contributed by atoms with E-state index in [2.05, 4.69) is 18.7 Å². The first-order valence-electron chi connectivity index (χ1n) is 6.27. The van der Waals surface area contributed by atoms with Crippen molar-refractivity contribution in [2.24, 2.45) is 0 Å². The molecular weight excluding hydrogens is 228 g/mol. The van der Waals surface area contributed by atoms with Crippen molar-refractivity contribution in [3.05, 3.63) is 23.8 Å². The number of likely N-dealkylation sites (N-methyl/N-ethyl adjacent to an activating group) is 1. The molecule has 0 radical (unpaired) electrons. The molecule has 0 aliphatic rings. The summed E-state index contributed by atoms with van der Waals surface area (Å²) < 4.78 is 10.4. The van der Waals surface area contributed by atoms with Crippen molar-refractivity contribution in [2.45, 2.75) is 26.4 Å². The van der Waals surface area contributed by atoms with Crippen molar-refractivity contribution < 1.29 is 9.47 Å². The summed E-state index contributed by atoms with van der Waals surface area (Å²) in [5.74, 6) is 0.806. The standard InChI is InChI=1S/C14H24N2O2/c1-5-16(11(2)10-17-3)9-12-6-13(15)8-14(7-12)18-4/h6-8,11H,5,9-10,15H2,1-4H3. The zero-order valence-corrected chi connectivity index (χ0v) is 11.8. The molecule has 1 aromatic carbocycles. The molecule has 2 N–H and O–H groups in total. The van der Waals surface area contributed by atoms with Crippen LogP contribution >= 0.6 is 0 Å². The minimum absolute atomic E-state index is 0.382. The summed E-state index contributed by atoms with van der Waals surface area (Å²) in [6.07, 6.45) is 0. The maximum absolute atomic E-state index is 5.86. The van der Waals surface area contributed by atoms with Crippen molar-refractivity contribution in [3.8, 4) is 5.75 Å². The highest BCUT2D eigenvalue weighted by Crippen LogP contribution is 2.20. The average Bonchev–Trinajstić information content (AvgIpc) is 2.35. The van der Waals surface area contributed by atoms with Crippen LogP contribution in [0.15, 0.2) is 18.2 Å². The zero-order valence-electron chi connectivity index (χ0n) is 11.8. The molecule has 0 saturated heterocycles. The predicted molar refractivity (Wildman–Crippen MR) is 74.8 cm³/mol. The molecule has 0 aromatic heterocycles. The third-order valence-corrected chi connectivity index (χ3v) is 3.05. The summed E-state index contributed by atoms with van der Waals surface area (Å²) in [5, 5.41) is 0. The number of nitrogen functional groups attached to an aromatic ring is 1. The van der Waals surface area contributed by atoms with Gasteiger partial charge in [0, 0.05) is 31.5 Å². The van der Waals surface area contributed by atoms with Crippen LogP contribution in [-0.4, -0.2) is 38.3 Å². The third kappa shape index (κ3) is 4.20. The van der Waals surface area contributed by atoms with Crippen LogP contribution in [0.2, 0.25) is 0 Å². The molecule has 18 heavy (non-hydrogen) atoms. The van der Waals surface area contributed by atoms with Gasteiger partial charge in [0.1, 0.15) is 5.75 Å². The second-order valence-corrected chi connectivity index (χ2v) is 4.48. The number of rotatable bonds is 7. The quantitative estimate of drug-likeness (QED) is 0.755. The Morgan fingerprint density at radius 2 is 2.00 bits per heavy atom. The predicted octanol–water partition coefficient (Wildman–Crippen LogP) is 2.13. The van der Waals surface area contributed by atoms with Crippen LogP contribution in [0, 0.1) is 0 Å². The molecule has 1 unspecified atom stereocenters. The summed E-state index contributed by atoms with van der Waals surface area (Å²) in [5.41, 5.74) is 7.76. The molecule has 0 heterocycles. The van der Waals surface area contributed by atoms with E-state index >= 15 is 0 Å². The fourth-order valence-electron chi connectivity index (χ4n) is 2.06. The number of benzene rings is 1. The molecule has 0 amide bonds. The maximum Gasteiger partial charge on any atom is 0.121 e. The van der Waals surface area contributed by atoms with Gasteiger partial charge in [0.05, 0.1) is 13.7 Å². The van der Waals surface area contributed by atoms with Gasteiger partial charge in [-0.3, -0.25) is 4.90 Å². The Morgan fingerprint density at radius 3 is 2.56 bits per heavy atom. The number of hydrogen-bond donors (Lipinski definition) is 1. The molecular formula is C14H24N2O2. The van der Waals surface area contributed by atoms with Gasteiger partial charge in [-0.2, -0.15) is 0 Å². The second kappa shape index (κ2) is 7.24. The van der Waals surface area contributed by atoms with Gasteiger partial charge < -0.3 is 15.2 Å². The molecule has 0 aliphatic heterocycles. The minimum atomic E-state index is 0.382. The Balaban J connectivity index is 2.77. The molecule has 0 fully saturated rings. The van der Waals surface area contributed by atoms with Crippen LogP contribution in [-0.2, 0) is 11.3 Å². The Labute approximate surface area is 110 Å². The summed E-state index contributed by atoms with van der Waals surface area (Å²) in [6.45, 7) is 6.86. The van der Waals surface area contributed by atoms with E-state index in [1.807, 2.05) is 18.2 Å².